The highest BCUT2D eigenvalue weighted by Crippen LogP contribution is 2.43. The molecule has 1 atom stereocenters. The van der Waals surface area contributed by atoms with Crippen LogP contribution >= 0.6 is 0 Å². The molecule has 1 unspecified atom stereocenters. The number of hydrogen-bond donors (Lipinski definition) is 0. The highest BCUT2D eigenvalue weighted by Gasteiger charge is 2.33. The minimum Gasteiger partial charge on any atom is -0.241 e. The number of hydrogen-bond acceptors (Lipinski definition) is 2. The Bertz CT molecular complexity index is 581. The predicted molar refractivity (Wildman–Crippen MR) is 138 cm³/mol. The third-order valence-electron chi connectivity index (χ3n) is 8.70. The monoisotopic (exact) mass is 440 g/mol. The Kier molecular flexibility index (Phi) is 12.1. The fourth-order valence-electron chi connectivity index (χ4n) is 6.71. The van der Waals surface area contributed by atoms with Crippen LogP contribution in [0, 0.1) is 23.7 Å². The lowest BCUT2D eigenvalue weighted by Crippen LogP contribution is -2.31. The van der Waals surface area contributed by atoms with Crippen molar-refractivity contribution in [1.82, 2.24) is 9.97 Å². The summed E-state index contributed by atoms with van der Waals surface area (Å²) in [5, 5.41) is 0. The fraction of sp³-hybridized carbons (Fsp3) is 0.867. The average Bonchev–Trinajstić information content (AvgIpc) is 2.84. The Balaban J connectivity index is 1.48. The van der Waals surface area contributed by atoms with Gasteiger partial charge in [-0.25, -0.2) is 9.97 Å². The fourth-order valence-corrected chi connectivity index (χ4v) is 6.71. The Hall–Kier alpha value is -0.920. The molecule has 32 heavy (non-hydrogen) atoms. The molecule has 2 saturated carbocycles. The van der Waals surface area contributed by atoms with E-state index >= 15 is 0 Å². The minimum atomic E-state index is 0.826. The van der Waals surface area contributed by atoms with E-state index in [4.69, 9.17) is 9.97 Å². The van der Waals surface area contributed by atoms with Crippen LogP contribution in [0.15, 0.2) is 12.4 Å². The summed E-state index contributed by atoms with van der Waals surface area (Å²) >= 11 is 0. The maximum atomic E-state index is 4.88. The molecule has 0 N–H and O–H groups in total. The quantitative estimate of drug-likeness (QED) is 0.269. The summed E-state index contributed by atoms with van der Waals surface area (Å²) in [5.41, 5.74) is 1.34. The molecule has 0 amide bonds. The molecular weight excluding hydrogens is 388 g/mol. The highest BCUT2D eigenvalue weighted by atomic mass is 14.9. The van der Waals surface area contributed by atoms with Crippen molar-refractivity contribution in [2.75, 3.05) is 0 Å². The SMILES string of the molecule is CCCCCCCCCc1cnc(CC(C2CCCCC2)C2CCC(CCC)CC2)nc1. The van der Waals surface area contributed by atoms with Crippen LogP contribution in [0.2, 0.25) is 0 Å². The van der Waals surface area contributed by atoms with Gasteiger partial charge in [0, 0.05) is 18.8 Å². The van der Waals surface area contributed by atoms with E-state index in [0.717, 1.165) is 42.3 Å². The van der Waals surface area contributed by atoms with E-state index in [1.54, 1.807) is 0 Å². The number of unbranched alkanes of at least 4 members (excludes halogenated alkanes) is 6. The van der Waals surface area contributed by atoms with Crippen LogP contribution in [0.25, 0.3) is 0 Å². The summed E-state index contributed by atoms with van der Waals surface area (Å²) in [6, 6.07) is 0. The number of aromatic nitrogens is 2. The molecule has 1 heterocycles. The van der Waals surface area contributed by atoms with Gasteiger partial charge >= 0.3 is 0 Å². The molecule has 2 fully saturated rings. The van der Waals surface area contributed by atoms with E-state index in [9.17, 15) is 0 Å². The lowest BCUT2D eigenvalue weighted by molar-refractivity contribution is 0.121. The summed E-state index contributed by atoms with van der Waals surface area (Å²) in [6.45, 7) is 4.64. The number of rotatable bonds is 14. The van der Waals surface area contributed by atoms with Crippen LogP contribution in [-0.2, 0) is 12.8 Å². The third kappa shape index (κ3) is 8.79. The van der Waals surface area contributed by atoms with Crippen molar-refractivity contribution < 1.29 is 0 Å². The molecule has 2 aliphatic rings. The van der Waals surface area contributed by atoms with Crippen LogP contribution in [0.4, 0.5) is 0 Å². The molecule has 0 bridgehead atoms. The van der Waals surface area contributed by atoms with Crippen LogP contribution < -0.4 is 0 Å². The lowest BCUT2D eigenvalue weighted by Gasteiger charge is -2.39. The van der Waals surface area contributed by atoms with Crippen LogP contribution in [-0.4, -0.2) is 9.97 Å². The van der Waals surface area contributed by atoms with Crippen LogP contribution in [0.3, 0.4) is 0 Å². The van der Waals surface area contributed by atoms with E-state index < -0.39 is 0 Å². The molecular formula is C30H52N2. The maximum absolute atomic E-state index is 4.88. The molecule has 2 aliphatic carbocycles. The van der Waals surface area contributed by atoms with Crippen molar-refractivity contribution >= 4 is 0 Å². The van der Waals surface area contributed by atoms with Crippen molar-refractivity contribution in [2.24, 2.45) is 23.7 Å². The molecule has 0 spiro atoms. The first kappa shape index (κ1) is 25.7. The largest absolute Gasteiger partial charge is 0.241 e. The molecule has 0 radical (unpaired) electrons. The Labute approximate surface area is 199 Å². The highest BCUT2D eigenvalue weighted by molar-refractivity contribution is 5.06. The Morgan fingerprint density at radius 1 is 0.719 bits per heavy atom. The smallest absolute Gasteiger partial charge is 0.128 e. The zero-order valence-corrected chi connectivity index (χ0v) is 21.5. The summed E-state index contributed by atoms with van der Waals surface area (Å²) < 4.78 is 0. The van der Waals surface area contributed by atoms with Crippen molar-refractivity contribution in [2.45, 2.75) is 142 Å². The molecule has 1 aromatic heterocycles. The topological polar surface area (TPSA) is 25.8 Å². The van der Waals surface area contributed by atoms with Gasteiger partial charge in [-0.1, -0.05) is 110 Å². The Morgan fingerprint density at radius 2 is 1.34 bits per heavy atom. The van der Waals surface area contributed by atoms with Crippen molar-refractivity contribution in [1.29, 1.82) is 0 Å². The molecule has 2 heteroatoms. The molecule has 2 nitrogen and oxygen atoms in total. The normalized spacial score (nSPS) is 23.3. The van der Waals surface area contributed by atoms with Gasteiger partial charge in [-0.15, -0.1) is 0 Å². The number of nitrogens with zero attached hydrogens (tertiary/aromatic N) is 2. The minimum absolute atomic E-state index is 0.826. The van der Waals surface area contributed by atoms with Crippen LogP contribution in [0.1, 0.15) is 141 Å². The molecule has 0 aliphatic heterocycles. The lowest BCUT2D eigenvalue weighted by atomic mass is 9.66. The standard InChI is InChI=1S/C30H52N2/c1-3-5-6-7-8-9-11-15-26-23-31-30(32-24-26)22-29(27-16-12-10-13-17-27)28-20-18-25(14-4-2)19-21-28/h23-25,27-29H,3-22H2,1-2H3. The summed E-state index contributed by atoms with van der Waals surface area (Å²) in [5.74, 6) is 4.80. The van der Waals surface area contributed by atoms with E-state index in [2.05, 4.69) is 26.2 Å². The number of aryl methyl sites for hydroxylation is 1. The molecule has 182 valence electrons. The second-order valence-corrected chi connectivity index (χ2v) is 11.2. The van der Waals surface area contributed by atoms with Gasteiger partial charge in [0.25, 0.3) is 0 Å². The zero-order valence-electron chi connectivity index (χ0n) is 21.5. The van der Waals surface area contributed by atoms with Gasteiger partial charge in [-0.2, -0.15) is 0 Å². The van der Waals surface area contributed by atoms with E-state index in [0.29, 0.717) is 0 Å². The second-order valence-electron chi connectivity index (χ2n) is 11.2. The first-order chi connectivity index (χ1) is 15.8. The summed E-state index contributed by atoms with van der Waals surface area (Å²) in [6.07, 6.45) is 32.1. The van der Waals surface area contributed by atoms with Gasteiger partial charge in [0.15, 0.2) is 0 Å². The van der Waals surface area contributed by atoms with Gasteiger partial charge in [-0.3, -0.25) is 0 Å². The van der Waals surface area contributed by atoms with Gasteiger partial charge in [0.2, 0.25) is 0 Å². The van der Waals surface area contributed by atoms with Gasteiger partial charge in [-0.05, 0) is 54.9 Å². The third-order valence-corrected chi connectivity index (χ3v) is 8.70. The van der Waals surface area contributed by atoms with E-state index in [1.807, 2.05) is 0 Å². The predicted octanol–water partition coefficient (Wildman–Crippen LogP) is 9.12. The first-order valence-electron chi connectivity index (χ1n) is 14.6. The van der Waals surface area contributed by atoms with Gasteiger partial charge < -0.3 is 0 Å². The van der Waals surface area contributed by atoms with Gasteiger partial charge in [0.05, 0.1) is 0 Å². The summed E-state index contributed by atoms with van der Waals surface area (Å²) in [4.78, 5) is 9.76. The maximum Gasteiger partial charge on any atom is 0.128 e. The molecule has 0 aromatic carbocycles. The first-order valence-corrected chi connectivity index (χ1v) is 14.6. The molecule has 1 aromatic rings. The van der Waals surface area contributed by atoms with Crippen molar-refractivity contribution in [3.8, 4) is 0 Å². The van der Waals surface area contributed by atoms with Crippen LogP contribution in [0.5, 0.6) is 0 Å². The average molecular weight is 441 g/mol. The van der Waals surface area contributed by atoms with Crippen molar-refractivity contribution in [3.63, 3.8) is 0 Å². The van der Waals surface area contributed by atoms with Crippen molar-refractivity contribution in [3.05, 3.63) is 23.8 Å². The summed E-state index contributed by atoms with van der Waals surface area (Å²) in [7, 11) is 0. The second kappa shape index (κ2) is 15.1. The van der Waals surface area contributed by atoms with E-state index in [1.165, 1.54) is 121 Å². The zero-order chi connectivity index (χ0) is 22.4. The Morgan fingerprint density at radius 3 is 2.00 bits per heavy atom. The molecule has 0 saturated heterocycles. The van der Waals surface area contributed by atoms with E-state index in [-0.39, 0.29) is 0 Å². The molecule has 3 rings (SSSR count). The van der Waals surface area contributed by atoms with Gasteiger partial charge in [0.1, 0.15) is 5.82 Å².